The van der Waals surface area contributed by atoms with Crippen LogP contribution in [0.2, 0.25) is 0 Å². The third-order valence-electron chi connectivity index (χ3n) is 3.57. The van der Waals surface area contributed by atoms with Crippen LogP contribution in [-0.4, -0.2) is 18.1 Å². The van der Waals surface area contributed by atoms with Gasteiger partial charge in [-0.25, -0.2) is 4.98 Å². The Bertz CT molecular complexity index is 387. The second kappa shape index (κ2) is 8.25. The van der Waals surface area contributed by atoms with Crippen molar-refractivity contribution >= 4 is 5.82 Å². The molecular formula is C17H31N3. The number of nitrogens with zero attached hydrogens (tertiary/aromatic N) is 2. The van der Waals surface area contributed by atoms with Gasteiger partial charge in [0.25, 0.3) is 0 Å². The van der Waals surface area contributed by atoms with Crippen LogP contribution in [0.25, 0.3) is 0 Å². The van der Waals surface area contributed by atoms with Crippen molar-refractivity contribution in [3.05, 3.63) is 23.4 Å². The van der Waals surface area contributed by atoms with Gasteiger partial charge in [-0.2, -0.15) is 0 Å². The molecule has 0 aromatic carbocycles. The van der Waals surface area contributed by atoms with E-state index in [2.05, 4.69) is 44.7 Å². The standard InChI is InChI=1S/C17H31N3/c1-13(2)8-10-20(11-9-14(3)4)17-16(12-18)7-6-15(5)19-17/h6-7,13-14H,8-12,18H2,1-5H3. The smallest absolute Gasteiger partial charge is 0.133 e. The van der Waals surface area contributed by atoms with Crippen molar-refractivity contribution < 1.29 is 0 Å². The quantitative estimate of drug-likeness (QED) is 0.787. The van der Waals surface area contributed by atoms with Crippen molar-refractivity contribution in [2.24, 2.45) is 17.6 Å². The summed E-state index contributed by atoms with van der Waals surface area (Å²) in [6, 6.07) is 4.17. The highest BCUT2D eigenvalue weighted by Gasteiger charge is 2.13. The molecule has 1 aromatic heterocycles. The maximum absolute atomic E-state index is 5.88. The molecule has 1 aromatic rings. The summed E-state index contributed by atoms with van der Waals surface area (Å²) in [7, 11) is 0. The molecule has 0 aliphatic heterocycles. The van der Waals surface area contributed by atoms with Gasteiger partial charge in [0.2, 0.25) is 0 Å². The Hall–Kier alpha value is -1.09. The lowest BCUT2D eigenvalue weighted by molar-refractivity contribution is 0.532. The van der Waals surface area contributed by atoms with E-state index in [1.807, 2.05) is 6.92 Å². The second-order valence-corrected chi connectivity index (χ2v) is 6.49. The van der Waals surface area contributed by atoms with Gasteiger partial charge in [0, 0.05) is 30.9 Å². The summed E-state index contributed by atoms with van der Waals surface area (Å²) in [5.74, 6) is 2.51. The fourth-order valence-corrected chi connectivity index (χ4v) is 2.16. The molecule has 0 fully saturated rings. The van der Waals surface area contributed by atoms with Crippen molar-refractivity contribution in [3.63, 3.8) is 0 Å². The minimum Gasteiger partial charge on any atom is -0.356 e. The number of hydrogen-bond acceptors (Lipinski definition) is 3. The van der Waals surface area contributed by atoms with Gasteiger partial charge in [-0.05, 0) is 37.7 Å². The first kappa shape index (κ1) is 17.0. The summed E-state index contributed by atoms with van der Waals surface area (Å²) < 4.78 is 0. The van der Waals surface area contributed by atoms with Crippen molar-refractivity contribution in [3.8, 4) is 0 Å². The van der Waals surface area contributed by atoms with Crippen LogP contribution in [0.1, 0.15) is 51.8 Å². The normalized spacial score (nSPS) is 11.4. The molecule has 20 heavy (non-hydrogen) atoms. The molecule has 0 amide bonds. The van der Waals surface area contributed by atoms with E-state index in [4.69, 9.17) is 10.7 Å². The van der Waals surface area contributed by atoms with Gasteiger partial charge >= 0.3 is 0 Å². The highest BCUT2D eigenvalue weighted by molar-refractivity contribution is 5.47. The predicted octanol–water partition coefficient (Wildman–Crippen LogP) is 3.75. The Morgan fingerprint density at radius 1 is 1.05 bits per heavy atom. The van der Waals surface area contributed by atoms with Crippen molar-refractivity contribution in [2.75, 3.05) is 18.0 Å². The van der Waals surface area contributed by atoms with Gasteiger partial charge in [0.05, 0.1) is 0 Å². The van der Waals surface area contributed by atoms with E-state index in [1.54, 1.807) is 0 Å². The zero-order valence-corrected chi connectivity index (χ0v) is 13.8. The second-order valence-electron chi connectivity index (χ2n) is 6.49. The van der Waals surface area contributed by atoms with Gasteiger partial charge < -0.3 is 10.6 Å². The van der Waals surface area contributed by atoms with Crippen molar-refractivity contribution in [2.45, 2.75) is 54.0 Å². The number of nitrogens with two attached hydrogens (primary N) is 1. The van der Waals surface area contributed by atoms with Crippen LogP contribution in [0.5, 0.6) is 0 Å². The van der Waals surface area contributed by atoms with Crippen LogP contribution in [0, 0.1) is 18.8 Å². The van der Waals surface area contributed by atoms with Gasteiger partial charge in [0.15, 0.2) is 0 Å². The van der Waals surface area contributed by atoms with E-state index in [0.717, 1.165) is 30.2 Å². The summed E-state index contributed by atoms with van der Waals surface area (Å²) in [5, 5.41) is 0. The van der Waals surface area contributed by atoms with Crippen LogP contribution in [0.3, 0.4) is 0 Å². The monoisotopic (exact) mass is 277 g/mol. The van der Waals surface area contributed by atoms with Gasteiger partial charge in [-0.1, -0.05) is 33.8 Å². The maximum Gasteiger partial charge on any atom is 0.133 e. The average Bonchev–Trinajstić information content (AvgIpc) is 2.38. The van der Waals surface area contributed by atoms with Crippen LogP contribution < -0.4 is 10.6 Å². The van der Waals surface area contributed by atoms with Gasteiger partial charge in [0.1, 0.15) is 5.82 Å². The Morgan fingerprint density at radius 2 is 1.60 bits per heavy atom. The predicted molar refractivity (Wildman–Crippen MR) is 88.0 cm³/mol. The molecule has 3 nitrogen and oxygen atoms in total. The molecule has 3 heteroatoms. The lowest BCUT2D eigenvalue weighted by atomic mass is 10.1. The van der Waals surface area contributed by atoms with E-state index in [9.17, 15) is 0 Å². The minimum atomic E-state index is 0.558. The highest BCUT2D eigenvalue weighted by atomic mass is 15.2. The lowest BCUT2D eigenvalue weighted by Crippen LogP contribution is -2.30. The first-order chi connectivity index (χ1) is 9.43. The number of aryl methyl sites for hydroxylation is 1. The molecule has 0 bridgehead atoms. The molecule has 0 unspecified atom stereocenters. The molecule has 0 aliphatic rings. The lowest BCUT2D eigenvalue weighted by Gasteiger charge is -2.27. The molecule has 0 atom stereocenters. The average molecular weight is 277 g/mol. The fraction of sp³-hybridized carbons (Fsp3) is 0.706. The van der Waals surface area contributed by atoms with E-state index in [-0.39, 0.29) is 0 Å². The Labute approximate surface area is 124 Å². The van der Waals surface area contributed by atoms with Crippen LogP contribution in [0.4, 0.5) is 5.82 Å². The topological polar surface area (TPSA) is 42.1 Å². The highest BCUT2D eigenvalue weighted by Crippen LogP contribution is 2.20. The van der Waals surface area contributed by atoms with Crippen molar-refractivity contribution in [1.82, 2.24) is 4.98 Å². The van der Waals surface area contributed by atoms with Gasteiger partial charge in [-0.15, -0.1) is 0 Å². The molecule has 0 aliphatic carbocycles. The van der Waals surface area contributed by atoms with Crippen molar-refractivity contribution in [1.29, 1.82) is 0 Å². The van der Waals surface area contributed by atoms with Gasteiger partial charge in [-0.3, -0.25) is 0 Å². The Kier molecular flexibility index (Phi) is 7.00. The number of rotatable bonds is 8. The first-order valence-electron chi connectivity index (χ1n) is 7.85. The molecule has 1 heterocycles. The molecular weight excluding hydrogens is 246 g/mol. The molecule has 0 spiro atoms. The SMILES string of the molecule is Cc1ccc(CN)c(N(CCC(C)C)CCC(C)C)n1. The fourth-order valence-electron chi connectivity index (χ4n) is 2.16. The number of aromatic nitrogens is 1. The molecule has 114 valence electrons. The zero-order valence-electron chi connectivity index (χ0n) is 13.8. The molecule has 0 saturated carbocycles. The molecule has 1 rings (SSSR count). The summed E-state index contributed by atoms with van der Waals surface area (Å²) >= 11 is 0. The molecule has 0 saturated heterocycles. The van der Waals surface area contributed by atoms with Crippen LogP contribution in [0.15, 0.2) is 12.1 Å². The molecule has 0 radical (unpaired) electrons. The Balaban J connectivity index is 2.92. The van der Waals surface area contributed by atoms with E-state index < -0.39 is 0 Å². The van der Waals surface area contributed by atoms with Crippen LogP contribution in [-0.2, 0) is 6.54 Å². The zero-order chi connectivity index (χ0) is 15.1. The van der Waals surface area contributed by atoms with Crippen LogP contribution >= 0.6 is 0 Å². The number of anilines is 1. The Morgan fingerprint density at radius 3 is 2.05 bits per heavy atom. The van der Waals surface area contributed by atoms with E-state index in [1.165, 1.54) is 12.8 Å². The largest absolute Gasteiger partial charge is 0.356 e. The van der Waals surface area contributed by atoms with E-state index in [0.29, 0.717) is 18.4 Å². The van der Waals surface area contributed by atoms with E-state index >= 15 is 0 Å². The number of hydrogen-bond donors (Lipinski definition) is 1. The maximum atomic E-state index is 5.88. The summed E-state index contributed by atoms with van der Waals surface area (Å²) in [6.07, 6.45) is 2.38. The minimum absolute atomic E-state index is 0.558. The number of pyridine rings is 1. The third-order valence-corrected chi connectivity index (χ3v) is 3.57. The first-order valence-corrected chi connectivity index (χ1v) is 7.85. The summed E-state index contributed by atoms with van der Waals surface area (Å²) in [5.41, 5.74) is 8.11. The third kappa shape index (κ3) is 5.49. The summed E-state index contributed by atoms with van der Waals surface area (Å²) in [4.78, 5) is 7.17. The molecule has 2 N–H and O–H groups in total. The summed E-state index contributed by atoms with van der Waals surface area (Å²) in [6.45, 7) is 13.8.